The van der Waals surface area contributed by atoms with Gasteiger partial charge in [-0.2, -0.15) is 0 Å². The summed E-state index contributed by atoms with van der Waals surface area (Å²) in [6, 6.07) is 7.60. The lowest BCUT2D eigenvalue weighted by atomic mass is 10.2. The molecule has 0 saturated carbocycles. The van der Waals surface area contributed by atoms with Gasteiger partial charge in [-0.1, -0.05) is 48.7 Å². The second-order valence-corrected chi connectivity index (χ2v) is 3.71. The summed E-state index contributed by atoms with van der Waals surface area (Å²) in [6.45, 7) is 7.51. The highest BCUT2D eigenvalue weighted by atomic mass is 35.5. The smallest absolute Gasteiger partial charge is 0.0406 e. The van der Waals surface area contributed by atoms with E-state index in [0.29, 0.717) is 0 Å². The van der Waals surface area contributed by atoms with Crippen molar-refractivity contribution in [3.05, 3.63) is 53.4 Å². The molecule has 2 heteroatoms. The largest absolute Gasteiger partial charge is 0.0987 e. The Kier molecular flexibility index (Phi) is 3.45. The number of halogens is 1. The van der Waals surface area contributed by atoms with Crippen molar-refractivity contribution < 1.29 is 0 Å². The Morgan fingerprint density at radius 3 is 2.42 bits per heavy atom. The van der Waals surface area contributed by atoms with Crippen LogP contribution in [0.3, 0.4) is 0 Å². The molecule has 62 valence electrons. The van der Waals surface area contributed by atoms with Gasteiger partial charge in [0.05, 0.1) is 0 Å². The Morgan fingerprint density at radius 1 is 1.33 bits per heavy atom. The molecule has 0 bridgehead atoms. The number of benzene rings is 1. The van der Waals surface area contributed by atoms with E-state index in [0.717, 1.165) is 15.5 Å². The number of thioether (sulfide) groups is 1. The van der Waals surface area contributed by atoms with Gasteiger partial charge in [0.15, 0.2) is 0 Å². The molecule has 1 rings (SSSR count). The van der Waals surface area contributed by atoms with Crippen molar-refractivity contribution in [2.45, 2.75) is 0 Å². The van der Waals surface area contributed by atoms with E-state index in [1.54, 1.807) is 5.41 Å². The fraction of sp³-hybridized carbons (Fsp3) is 0. The highest BCUT2D eigenvalue weighted by Gasteiger charge is 1.96. The van der Waals surface area contributed by atoms with Gasteiger partial charge in [-0.3, -0.25) is 0 Å². The van der Waals surface area contributed by atoms with E-state index in [-0.39, 0.29) is 0 Å². The van der Waals surface area contributed by atoms with E-state index in [1.807, 2.05) is 24.3 Å². The SMILES string of the molecule is C=CSC(=C)c1ccc(Cl)cc1. The number of rotatable bonds is 3. The minimum Gasteiger partial charge on any atom is -0.0987 e. The first-order valence-electron chi connectivity index (χ1n) is 3.46. The van der Waals surface area contributed by atoms with E-state index in [9.17, 15) is 0 Å². The zero-order chi connectivity index (χ0) is 8.97. The second kappa shape index (κ2) is 4.39. The van der Waals surface area contributed by atoms with Crippen molar-refractivity contribution in [2.75, 3.05) is 0 Å². The molecule has 0 aliphatic heterocycles. The summed E-state index contributed by atoms with van der Waals surface area (Å²) in [6.07, 6.45) is 0. The molecule has 1 aromatic rings. The molecule has 0 nitrogen and oxygen atoms in total. The average Bonchev–Trinajstić information content (AvgIpc) is 2.06. The highest BCUT2D eigenvalue weighted by molar-refractivity contribution is 8.10. The standard InChI is InChI=1S/C10H9ClS/c1-3-12-8(2)9-4-6-10(11)7-5-9/h3-7H,1-2H2. The van der Waals surface area contributed by atoms with Gasteiger partial charge in [0.25, 0.3) is 0 Å². The van der Waals surface area contributed by atoms with Gasteiger partial charge >= 0.3 is 0 Å². The highest BCUT2D eigenvalue weighted by Crippen LogP contribution is 2.26. The molecule has 0 radical (unpaired) electrons. The summed E-state index contributed by atoms with van der Waals surface area (Å²) < 4.78 is 0. The molecule has 0 atom stereocenters. The van der Waals surface area contributed by atoms with Gasteiger partial charge in [-0.25, -0.2) is 0 Å². The van der Waals surface area contributed by atoms with Gasteiger partial charge in [0.1, 0.15) is 0 Å². The molecule has 0 aliphatic carbocycles. The lowest BCUT2D eigenvalue weighted by Gasteiger charge is -2.00. The fourth-order valence-corrected chi connectivity index (χ4v) is 1.40. The average molecular weight is 197 g/mol. The fourth-order valence-electron chi connectivity index (χ4n) is 0.804. The topological polar surface area (TPSA) is 0 Å². The molecule has 0 unspecified atom stereocenters. The summed E-state index contributed by atoms with van der Waals surface area (Å²) in [5.41, 5.74) is 1.09. The molecule has 0 amide bonds. The molecule has 1 aromatic carbocycles. The van der Waals surface area contributed by atoms with Crippen molar-refractivity contribution in [2.24, 2.45) is 0 Å². The summed E-state index contributed by atoms with van der Waals surface area (Å²) in [4.78, 5) is 0.988. The quantitative estimate of drug-likeness (QED) is 0.699. The van der Waals surface area contributed by atoms with Crippen LogP contribution in [0.1, 0.15) is 5.56 Å². The summed E-state index contributed by atoms with van der Waals surface area (Å²) in [5.74, 6) is 0. The Morgan fingerprint density at radius 2 is 1.92 bits per heavy atom. The maximum absolute atomic E-state index is 5.74. The van der Waals surface area contributed by atoms with Crippen LogP contribution in [0.15, 0.2) is 42.8 Å². The van der Waals surface area contributed by atoms with E-state index < -0.39 is 0 Å². The molecule has 0 fully saturated rings. The van der Waals surface area contributed by atoms with Crippen LogP contribution in [0.5, 0.6) is 0 Å². The molecular formula is C10H9ClS. The van der Waals surface area contributed by atoms with Crippen LogP contribution in [0, 0.1) is 0 Å². The van der Waals surface area contributed by atoms with Gasteiger partial charge in [-0.05, 0) is 23.1 Å². The van der Waals surface area contributed by atoms with Crippen molar-refractivity contribution >= 4 is 28.3 Å². The first-order valence-corrected chi connectivity index (χ1v) is 4.72. The van der Waals surface area contributed by atoms with Gasteiger partial charge in [0.2, 0.25) is 0 Å². The molecule has 0 aromatic heterocycles. The molecule has 0 spiro atoms. The molecule has 12 heavy (non-hydrogen) atoms. The van der Waals surface area contributed by atoms with Crippen molar-refractivity contribution in [3.8, 4) is 0 Å². The maximum Gasteiger partial charge on any atom is 0.0406 e. The van der Waals surface area contributed by atoms with Gasteiger partial charge < -0.3 is 0 Å². The molecule has 0 aliphatic rings. The van der Waals surface area contributed by atoms with Gasteiger partial charge in [0, 0.05) is 9.93 Å². The van der Waals surface area contributed by atoms with Crippen LogP contribution in [-0.2, 0) is 0 Å². The van der Waals surface area contributed by atoms with Crippen molar-refractivity contribution in [1.82, 2.24) is 0 Å². The van der Waals surface area contributed by atoms with Crippen LogP contribution in [0.25, 0.3) is 4.91 Å². The second-order valence-electron chi connectivity index (χ2n) is 2.21. The summed E-state index contributed by atoms with van der Waals surface area (Å²) >= 11 is 7.25. The lowest BCUT2D eigenvalue weighted by molar-refractivity contribution is 1.66. The van der Waals surface area contributed by atoms with Crippen molar-refractivity contribution in [1.29, 1.82) is 0 Å². The first-order chi connectivity index (χ1) is 5.74. The van der Waals surface area contributed by atoms with Crippen LogP contribution >= 0.6 is 23.4 Å². The monoisotopic (exact) mass is 196 g/mol. The molecule has 0 heterocycles. The summed E-state index contributed by atoms with van der Waals surface area (Å²) in [5, 5.41) is 2.51. The van der Waals surface area contributed by atoms with Gasteiger partial charge in [-0.15, -0.1) is 0 Å². The molecule has 0 saturated heterocycles. The predicted octanol–water partition coefficient (Wildman–Crippen LogP) is 4.19. The maximum atomic E-state index is 5.74. The minimum atomic E-state index is 0.746. The Bertz CT molecular complexity index is 287. The van der Waals surface area contributed by atoms with E-state index >= 15 is 0 Å². The number of hydrogen-bond donors (Lipinski definition) is 0. The molecule has 0 N–H and O–H groups in total. The van der Waals surface area contributed by atoms with Crippen LogP contribution < -0.4 is 0 Å². The zero-order valence-corrected chi connectivity index (χ0v) is 8.16. The Labute approximate surface area is 81.9 Å². The third-order valence-corrected chi connectivity index (χ3v) is 2.33. The number of hydrogen-bond acceptors (Lipinski definition) is 1. The van der Waals surface area contributed by atoms with E-state index in [4.69, 9.17) is 11.6 Å². The first kappa shape index (κ1) is 9.43. The van der Waals surface area contributed by atoms with E-state index in [1.165, 1.54) is 11.8 Å². The van der Waals surface area contributed by atoms with Crippen LogP contribution in [0.2, 0.25) is 5.02 Å². The normalized spacial score (nSPS) is 9.42. The van der Waals surface area contributed by atoms with Crippen LogP contribution in [0.4, 0.5) is 0 Å². The summed E-state index contributed by atoms with van der Waals surface area (Å²) in [7, 11) is 0. The third kappa shape index (κ3) is 2.43. The Hall–Kier alpha value is -0.660. The predicted molar refractivity (Wildman–Crippen MR) is 58.3 cm³/mol. The lowest BCUT2D eigenvalue weighted by Crippen LogP contribution is -1.75. The van der Waals surface area contributed by atoms with E-state index in [2.05, 4.69) is 13.2 Å². The third-order valence-electron chi connectivity index (χ3n) is 1.39. The Balaban J connectivity index is 2.82. The molecular weight excluding hydrogens is 188 g/mol. The minimum absolute atomic E-state index is 0.746. The van der Waals surface area contributed by atoms with Crippen LogP contribution in [-0.4, -0.2) is 0 Å². The zero-order valence-electron chi connectivity index (χ0n) is 6.59. The van der Waals surface area contributed by atoms with Crippen molar-refractivity contribution in [3.63, 3.8) is 0 Å².